The fraction of sp³-hybridized carbons (Fsp3) is 0.333. The zero-order valence-corrected chi connectivity index (χ0v) is 16.3. The Labute approximate surface area is 163 Å². The van der Waals surface area contributed by atoms with Crippen LogP contribution < -0.4 is 10.6 Å². The number of ether oxygens (including phenoxy) is 1. The van der Waals surface area contributed by atoms with Gasteiger partial charge in [-0.1, -0.05) is 49.7 Å². The van der Waals surface area contributed by atoms with Crippen LogP contribution in [0.1, 0.15) is 36.7 Å². The number of unbranched alkanes of at least 4 members (excludes halogenated alkanes) is 1. The molecule has 0 aliphatic heterocycles. The molecule has 142 valence electrons. The maximum Gasteiger partial charge on any atom is 0.270 e. The summed E-state index contributed by atoms with van der Waals surface area (Å²) in [6, 6.07) is 14.3. The molecule has 1 heterocycles. The molecule has 0 spiro atoms. The molecule has 2 N–H and O–H groups in total. The maximum absolute atomic E-state index is 12.2. The number of hydrogen-bond donors (Lipinski definition) is 2. The highest BCUT2D eigenvalue weighted by Crippen LogP contribution is 2.27. The van der Waals surface area contributed by atoms with Crippen molar-refractivity contribution in [2.24, 2.45) is 0 Å². The van der Waals surface area contributed by atoms with E-state index in [-0.39, 0.29) is 5.91 Å². The van der Waals surface area contributed by atoms with Gasteiger partial charge in [0.15, 0.2) is 5.13 Å². The first kappa shape index (κ1) is 19.3. The summed E-state index contributed by atoms with van der Waals surface area (Å²) in [5.74, 6) is -0.147. The van der Waals surface area contributed by atoms with Gasteiger partial charge in [0, 0.05) is 36.2 Å². The van der Waals surface area contributed by atoms with E-state index in [4.69, 9.17) is 4.74 Å². The van der Waals surface area contributed by atoms with Crippen LogP contribution in [0.5, 0.6) is 0 Å². The van der Waals surface area contributed by atoms with Gasteiger partial charge in [0.05, 0.1) is 0 Å². The Kier molecular flexibility index (Phi) is 7.19. The molecule has 0 unspecified atom stereocenters. The van der Waals surface area contributed by atoms with Crippen LogP contribution >= 0.6 is 11.3 Å². The summed E-state index contributed by atoms with van der Waals surface area (Å²) in [5, 5.41) is 11.0. The van der Waals surface area contributed by atoms with E-state index in [0.29, 0.717) is 24.0 Å². The van der Waals surface area contributed by atoms with Crippen molar-refractivity contribution >= 4 is 38.8 Å². The van der Waals surface area contributed by atoms with Crippen molar-refractivity contribution in [2.75, 3.05) is 25.1 Å². The first-order valence-electron chi connectivity index (χ1n) is 9.34. The Hall–Kier alpha value is -2.44. The average Bonchev–Trinajstić information content (AvgIpc) is 3.16. The van der Waals surface area contributed by atoms with Gasteiger partial charge in [-0.15, -0.1) is 11.3 Å². The smallest absolute Gasteiger partial charge is 0.270 e. The van der Waals surface area contributed by atoms with Crippen molar-refractivity contribution in [3.8, 4) is 0 Å². The van der Waals surface area contributed by atoms with E-state index in [1.165, 1.54) is 11.3 Å². The maximum atomic E-state index is 12.2. The van der Waals surface area contributed by atoms with Gasteiger partial charge in [-0.3, -0.25) is 4.79 Å². The topological polar surface area (TPSA) is 63.2 Å². The zero-order chi connectivity index (χ0) is 18.9. The standard InChI is InChI=1S/C21H25N3O2S/c1-2-3-13-26-14-7-12-22-20(25)19-15-27-21(24-19)23-18-11-6-9-16-8-4-5-10-17(16)18/h4-6,8-11,15H,2-3,7,12-14H2,1H3,(H,22,25)(H,23,24). The molecule has 3 rings (SSSR count). The van der Waals surface area contributed by atoms with Gasteiger partial charge in [-0.2, -0.15) is 0 Å². The van der Waals surface area contributed by atoms with E-state index in [1.807, 2.05) is 24.3 Å². The summed E-state index contributed by atoms with van der Waals surface area (Å²) in [5.41, 5.74) is 1.42. The van der Waals surface area contributed by atoms with Gasteiger partial charge in [0.25, 0.3) is 5.91 Å². The van der Waals surface area contributed by atoms with Crippen LogP contribution in [-0.4, -0.2) is 30.6 Å². The van der Waals surface area contributed by atoms with Crippen LogP contribution in [0.4, 0.5) is 10.8 Å². The summed E-state index contributed by atoms with van der Waals surface area (Å²) in [7, 11) is 0. The Morgan fingerprint density at radius 1 is 1.11 bits per heavy atom. The number of nitrogens with one attached hydrogen (secondary N) is 2. The van der Waals surface area contributed by atoms with Crippen LogP contribution in [0.25, 0.3) is 10.8 Å². The second-order valence-electron chi connectivity index (χ2n) is 6.26. The first-order chi connectivity index (χ1) is 13.3. The summed E-state index contributed by atoms with van der Waals surface area (Å²) in [6.45, 7) is 4.19. The van der Waals surface area contributed by atoms with E-state index in [0.717, 1.165) is 42.3 Å². The summed E-state index contributed by atoms with van der Waals surface area (Å²) >= 11 is 1.43. The Morgan fingerprint density at radius 2 is 1.93 bits per heavy atom. The Morgan fingerprint density at radius 3 is 2.81 bits per heavy atom. The highest BCUT2D eigenvalue weighted by atomic mass is 32.1. The third kappa shape index (κ3) is 5.52. The lowest BCUT2D eigenvalue weighted by Crippen LogP contribution is -2.25. The number of carbonyl (C=O) groups is 1. The predicted molar refractivity (Wildman–Crippen MR) is 112 cm³/mol. The minimum absolute atomic E-state index is 0.147. The molecular formula is C21H25N3O2S. The number of fused-ring (bicyclic) bond motifs is 1. The van der Waals surface area contributed by atoms with Crippen molar-refractivity contribution < 1.29 is 9.53 Å². The van der Waals surface area contributed by atoms with E-state index in [9.17, 15) is 4.79 Å². The molecule has 6 heteroatoms. The van der Waals surface area contributed by atoms with Crippen molar-refractivity contribution in [3.63, 3.8) is 0 Å². The molecule has 0 bridgehead atoms. The molecule has 0 aliphatic rings. The van der Waals surface area contributed by atoms with E-state index in [2.05, 4.69) is 40.7 Å². The number of thiazole rings is 1. The number of anilines is 2. The normalized spacial score (nSPS) is 10.9. The minimum atomic E-state index is -0.147. The summed E-state index contributed by atoms with van der Waals surface area (Å²) in [6.07, 6.45) is 3.02. The quantitative estimate of drug-likeness (QED) is 0.485. The molecular weight excluding hydrogens is 358 g/mol. The molecule has 1 aromatic heterocycles. The molecule has 0 fully saturated rings. The first-order valence-corrected chi connectivity index (χ1v) is 10.2. The molecule has 0 aliphatic carbocycles. The number of amides is 1. The molecule has 0 saturated heterocycles. The zero-order valence-electron chi connectivity index (χ0n) is 15.5. The molecule has 3 aromatic rings. The van der Waals surface area contributed by atoms with Crippen LogP contribution in [0, 0.1) is 0 Å². The fourth-order valence-corrected chi connectivity index (χ4v) is 3.40. The van der Waals surface area contributed by atoms with Gasteiger partial charge in [0.2, 0.25) is 0 Å². The molecule has 0 atom stereocenters. The van der Waals surface area contributed by atoms with Crippen LogP contribution in [-0.2, 0) is 4.74 Å². The van der Waals surface area contributed by atoms with E-state index in [1.54, 1.807) is 5.38 Å². The van der Waals surface area contributed by atoms with Crippen LogP contribution in [0.2, 0.25) is 0 Å². The molecule has 5 nitrogen and oxygen atoms in total. The highest BCUT2D eigenvalue weighted by Gasteiger charge is 2.11. The number of benzene rings is 2. The van der Waals surface area contributed by atoms with Gasteiger partial charge in [-0.25, -0.2) is 4.98 Å². The molecule has 2 aromatic carbocycles. The van der Waals surface area contributed by atoms with Gasteiger partial charge >= 0.3 is 0 Å². The molecule has 0 saturated carbocycles. The van der Waals surface area contributed by atoms with Crippen molar-refractivity contribution in [1.29, 1.82) is 0 Å². The van der Waals surface area contributed by atoms with Crippen molar-refractivity contribution in [3.05, 3.63) is 53.5 Å². The third-order valence-corrected chi connectivity index (χ3v) is 4.92. The van der Waals surface area contributed by atoms with Crippen molar-refractivity contribution in [2.45, 2.75) is 26.2 Å². The Bertz CT molecular complexity index is 873. The van der Waals surface area contributed by atoms with E-state index >= 15 is 0 Å². The van der Waals surface area contributed by atoms with Crippen molar-refractivity contribution in [1.82, 2.24) is 10.3 Å². The lowest BCUT2D eigenvalue weighted by molar-refractivity contribution is 0.0936. The second-order valence-corrected chi connectivity index (χ2v) is 7.12. The second kappa shape index (κ2) is 10.0. The predicted octanol–water partition coefficient (Wildman–Crippen LogP) is 4.98. The number of rotatable bonds is 10. The molecule has 27 heavy (non-hydrogen) atoms. The monoisotopic (exact) mass is 383 g/mol. The van der Waals surface area contributed by atoms with Gasteiger partial charge < -0.3 is 15.4 Å². The largest absolute Gasteiger partial charge is 0.381 e. The number of aromatic nitrogens is 1. The van der Waals surface area contributed by atoms with Gasteiger partial charge in [0.1, 0.15) is 5.69 Å². The SMILES string of the molecule is CCCCOCCCNC(=O)c1csc(Nc2cccc3ccccc23)n1. The molecule has 1 amide bonds. The lowest BCUT2D eigenvalue weighted by atomic mass is 10.1. The minimum Gasteiger partial charge on any atom is -0.381 e. The summed E-state index contributed by atoms with van der Waals surface area (Å²) < 4.78 is 5.49. The highest BCUT2D eigenvalue weighted by molar-refractivity contribution is 7.14. The number of hydrogen-bond acceptors (Lipinski definition) is 5. The number of carbonyl (C=O) groups excluding carboxylic acids is 1. The third-order valence-electron chi connectivity index (χ3n) is 4.16. The van der Waals surface area contributed by atoms with Crippen LogP contribution in [0.15, 0.2) is 47.8 Å². The van der Waals surface area contributed by atoms with E-state index < -0.39 is 0 Å². The van der Waals surface area contributed by atoms with Gasteiger partial charge in [-0.05, 0) is 24.3 Å². The number of nitrogens with zero attached hydrogens (tertiary/aromatic N) is 1. The lowest BCUT2D eigenvalue weighted by Gasteiger charge is -2.07. The molecule has 0 radical (unpaired) electrons. The average molecular weight is 384 g/mol. The Balaban J connectivity index is 1.51. The fourth-order valence-electron chi connectivity index (χ4n) is 2.70. The van der Waals surface area contributed by atoms with Crippen LogP contribution in [0.3, 0.4) is 0 Å². The summed E-state index contributed by atoms with van der Waals surface area (Å²) in [4.78, 5) is 16.6.